The Hall–Kier alpha value is -0.420. The Bertz CT molecular complexity index is 269. The van der Waals surface area contributed by atoms with Crippen molar-refractivity contribution in [1.82, 2.24) is 0 Å². The lowest BCUT2D eigenvalue weighted by Gasteiger charge is -2.09. The summed E-state index contributed by atoms with van der Waals surface area (Å²) in [5, 5.41) is -1.33. The van der Waals surface area contributed by atoms with Crippen LogP contribution in [-0.4, -0.2) is 24.0 Å². The molecule has 4 nitrogen and oxygen atoms in total. The van der Waals surface area contributed by atoms with E-state index in [1.54, 1.807) is 0 Å². The summed E-state index contributed by atoms with van der Waals surface area (Å²) in [6.45, 7) is 5.33. The van der Waals surface area contributed by atoms with Crippen molar-refractivity contribution in [3.63, 3.8) is 0 Å². The highest BCUT2D eigenvalue weighted by Crippen LogP contribution is 2.10. The molecule has 0 aromatic heterocycles. The molecule has 83 valence electrons. The molecule has 0 saturated heterocycles. The van der Waals surface area contributed by atoms with E-state index in [1.807, 2.05) is 6.92 Å². The molecule has 0 aromatic rings. The highest BCUT2D eigenvalue weighted by Gasteiger charge is 2.27. The van der Waals surface area contributed by atoms with Gasteiger partial charge in [0.1, 0.15) is 5.25 Å². The summed E-state index contributed by atoms with van der Waals surface area (Å²) in [6, 6.07) is 0. The van der Waals surface area contributed by atoms with Gasteiger partial charge >= 0.3 is 0 Å². The third kappa shape index (κ3) is 4.72. The van der Waals surface area contributed by atoms with Crippen LogP contribution in [0.25, 0.3) is 0 Å². The van der Waals surface area contributed by atoms with Gasteiger partial charge in [0, 0.05) is 6.42 Å². The molecule has 0 heterocycles. The Balaban J connectivity index is 4.20. The van der Waals surface area contributed by atoms with Crippen LogP contribution >= 0.6 is 0 Å². The standard InChI is InChI=1S/C9H17O4S/c1-3-5-6-7-8(10)9(4-2)14(11,12)13/h9H,2-7H2,1H3,(H,11,12,13). The van der Waals surface area contributed by atoms with Gasteiger partial charge in [-0.2, -0.15) is 8.42 Å². The minimum Gasteiger partial charge on any atom is -0.298 e. The molecule has 0 aliphatic heterocycles. The van der Waals surface area contributed by atoms with Gasteiger partial charge in [-0.05, 0) is 12.8 Å². The molecule has 1 unspecified atom stereocenters. The van der Waals surface area contributed by atoms with E-state index in [9.17, 15) is 13.2 Å². The van der Waals surface area contributed by atoms with Crippen LogP contribution in [0, 0.1) is 6.92 Å². The van der Waals surface area contributed by atoms with E-state index in [2.05, 4.69) is 6.92 Å². The third-order valence-corrected chi connectivity index (χ3v) is 3.23. The number of carbonyl (C=O) groups excluding carboxylic acids is 1. The first-order valence-electron chi connectivity index (χ1n) is 4.71. The Morgan fingerprint density at radius 1 is 1.43 bits per heavy atom. The first-order valence-corrected chi connectivity index (χ1v) is 6.22. The van der Waals surface area contributed by atoms with Crippen molar-refractivity contribution in [1.29, 1.82) is 0 Å². The Labute approximate surface area is 85.4 Å². The molecule has 0 aliphatic rings. The van der Waals surface area contributed by atoms with Gasteiger partial charge in [0.2, 0.25) is 0 Å². The average Bonchev–Trinajstić information content (AvgIpc) is 2.03. The maximum atomic E-state index is 11.3. The van der Waals surface area contributed by atoms with Gasteiger partial charge in [-0.25, -0.2) is 0 Å². The summed E-state index contributed by atoms with van der Waals surface area (Å²) < 4.78 is 30.2. The number of carbonyl (C=O) groups is 1. The quantitative estimate of drug-likeness (QED) is 0.523. The summed E-state index contributed by atoms with van der Waals surface area (Å²) in [5.41, 5.74) is 0. The summed E-state index contributed by atoms with van der Waals surface area (Å²) >= 11 is 0. The molecular formula is C9H17O4S. The Kier molecular flexibility index (Phi) is 5.95. The molecule has 1 atom stereocenters. The maximum Gasteiger partial charge on any atom is 0.274 e. The number of Topliss-reactive ketones (excluding diaryl/α,β-unsaturated/α-hetero) is 1. The minimum absolute atomic E-state index is 0.107. The van der Waals surface area contributed by atoms with Crippen LogP contribution in [0.15, 0.2) is 0 Å². The zero-order chi connectivity index (χ0) is 11.2. The fourth-order valence-corrected chi connectivity index (χ4v) is 1.93. The second-order valence-electron chi connectivity index (χ2n) is 3.22. The number of ketones is 1. The first-order chi connectivity index (χ1) is 6.43. The van der Waals surface area contributed by atoms with Crippen LogP contribution in [-0.2, 0) is 14.9 Å². The van der Waals surface area contributed by atoms with Crippen molar-refractivity contribution in [2.75, 3.05) is 0 Å². The Morgan fingerprint density at radius 3 is 2.36 bits per heavy atom. The van der Waals surface area contributed by atoms with Gasteiger partial charge in [-0.1, -0.05) is 26.7 Å². The molecule has 0 bridgehead atoms. The Morgan fingerprint density at radius 2 is 2.00 bits per heavy atom. The molecule has 1 N–H and O–H groups in total. The summed E-state index contributed by atoms with van der Waals surface area (Å²) in [5.74, 6) is -0.434. The molecule has 0 rings (SSSR count). The number of unbranched alkanes of at least 4 members (excludes halogenated alkanes) is 2. The molecule has 0 aromatic carbocycles. The van der Waals surface area contributed by atoms with Crippen LogP contribution in [0.2, 0.25) is 0 Å². The summed E-state index contributed by atoms with van der Waals surface area (Å²) in [4.78, 5) is 11.3. The van der Waals surface area contributed by atoms with Crippen molar-refractivity contribution in [3.8, 4) is 0 Å². The SMILES string of the molecule is [CH2]CC(C(=O)CCCCC)S(=O)(=O)O. The van der Waals surface area contributed by atoms with Crippen molar-refractivity contribution >= 4 is 15.9 Å². The molecule has 0 aliphatic carbocycles. The number of rotatable bonds is 7. The number of hydrogen-bond acceptors (Lipinski definition) is 3. The molecule has 0 spiro atoms. The van der Waals surface area contributed by atoms with Crippen LogP contribution < -0.4 is 0 Å². The fraction of sp³-hybridized carbons (Fsp3) is 0.778. The molecule has 5 heteroatoms. The molecule has 14 heavy (non-hydrogen) atoms. The van der Waals surface area contributed by atoms with E-state index in [0.29, 0.717) is 6.42 Å². The van der Waals surface area contributed by atoms with Gasteiger partial charge in [0.15, 0.2) is 5.78 Å². The second-order valence-corrected chi connectivity index (χ2v) is 4.81. The van der Waals surface area contributed by atoms with Gasteiger partial charge in [-0.3, -0.25) is 9.35 Å². The van der Waals surface area contributed by atoms with Crippen molar-refractivity contribution in [2.45, 2.75) is 44.3 Å². The van der Waals surface area contributed by atoms with E-state index < -0.39 is 21.2 Å². The zero-order valence-corrected chi connectivity index (χ0v) is 9.22. The lowest BCUT2D eigenvalue weighted by atomic mass is 10.1. The average molecular weight is 221 g/mol. The van der Waals surface area contributed by atoms with E-state index >= 15 is 0 Å². The first kappa shape index (κ1) is 13.6. The highest BCUT2D eigenvalue weighted by atomic mass is 32.2. The van der Waals surface area contributed by atoms with E-state index in [4.69, 9.17) is 4.55 Å². The smallest absolute Gasteiger partial charge is 0.274 e. The number of hydrogen-bond donors (Lipinski definition) is 1. The van der Waals surface area contributed by atoms with E-state index in [1.165, 1.54) is 0 Å². The van der Waals surface area contributed by atoms with Gasteiger partial charge in [0.05, 0.1) is 0 Å². The van der Waals surface area contributed by atoms with E-state index in [-0.39, 0.29) is 12.8 Å². The maximum absolute atomic E-state index is 11.3. The molecule has 0 saturated carbocycles. The van der Waals surface area contributed by atoms with Crippen molar-refractivity contribution in [2.24, 2.45) is 0 Å². The zero-order valence-electron chi connectivity index (χ0n) is 8.40. The summed E-state index contributed by atoms with van der Waals surface area (Å²) in [7, 11) is -4.26. The molecular weight excluding hydrogens is 204 g/mol. The monoisotopic (exact) mass is 221 g/mol. The normalized spacial score (nSPS) is 13.9. The topological polar surface area (TPSA) is 71.4 Å². The largest absolute Gasteiger partial charge is 0.298 e. The van der Waals surface area contributed by atoms with Gasteiger partial charge in [-0.15, -0.1) is 0 Å². The molecule has 0 amide bonds. The molecule has 1 radical (unpaired) electrons. The van der Waals surface area contributed by atoms with Crippen molar-refractivity contribution < 1.29 is 17.8 Å². The molecule has 0 fully saturated rings. The fourth-order valence-electron chi connectivity index (χ4n) is 1.19. The lowest BCUT2D eigenvalue weighted by molar-refractivity contribution is -0.118. The van der Waals surface area contributed by atoms with Gasteiger partial charge in [0.25, 0.3) is 10.1 Å². The predicted octanol–water partition coefficient (Wildman–Crippen LogP) is 1.62. The van der Waals surface area contributed by atoms with E-state index in [0.717, 1.165) is 12.8 Å². The van der Waals surface area contributed by atoms with Crippen LogP contribution in [0.3, 0.4) is 0 Å². The van der Waals surface area contributed by atoms with Crippen LogP contribution in [0.4, 0.5) is 0 Å². The lowest BCUT2D eigenvalue weighted by Crippen LogP contribution is -2.29. The third-order valence-electron chi connectivity index (χ3n) is 2.01. The predicted molar refractivity (Wildman–Crippen MR) is 54.5 cm³/mol. The van der Waals surface area contributed by atoms with Gasteiger partial charge < -0.3 is 0 Å². The summed E-state index contributed by atoms with van der Waals surface area (Å²) in [6.07, 6.45) is 2.62. The van der Waals surface area contributed by atoms with Crippen LogP contribution in [0.1, 0.15) is 39.0 Å². The highest BCUT2D eigenvalue weighted by molar-refractivity contribution is 7.87. The van der Waals surface area contributed by atoms with Crippen molar-refractivity contribution in [3.05, 3.63) is 6.92 Å². The second kappa shape index (κ2) is 6.14. The minimum atomic E-state index is -4.26. The van der Waals surface area contributed by atoms with Crippen LogP contribution in [0.5, 0.6) is 0 Å².